The van der Waals surface area contributed by atoms with Crippen molar-refractivity contribution in [3.63, 3.8) is 0 Å². The molecule has 0 atom stereocenters. The van der Waals surface area contributed by atoms with Gasteiger partial charge in [0.05, 0.1) is 0 Å². The SMILES string of the molecule is CCCN(CCC)C(=O)CCNc1cccc(Cl)c1C. The fraction of sp³-hybridized carbons (Fsp3) is 0.562. The number of rotatable bonds is 8. The van der Waals surface area contributed by atoms with Gasteiger partial charge in [0.2, 0.25) is 5.91 Å². The molecule has 0 saturated heterocycles. The van der Waals surface area contributed by atoms with Crippen LogP contribution in [0, 0.1) is 6.92 Å². The molecule has 0 spiro atoms. The summed E-state index contributed by atoms with van der Waals surface area (Å²) in [5, 5.41) is 4.04. The number of anilines is 1. The molecule has 20 heavy (non-hydrogen) atoms. The van der Waals surface area contributed by atoms with Crippen LogP contribution in [0.2, 0.25) is 5.02 Å². The zero-order chi connectivity index (χ0) is 15.0. The summed E-state index contributed by atoms with van der Waals surface area (Å²) >= 11 is 6.07. The zero-order valence-electron chi connectivity index (χ0n) is 12.7. The van der Waals surface area contributed by atoms with Crippen LogP contribution >= 0.6 is 11.6 Å². The van der Waals surface area contributed by atoms with Crippen molar-refractivity contribution in [2.24, 2.45) is 0 Å². The highest BCUT2D eigenvalue weighted by atomic mass is 35.5. The lowest BCUT2D eigenvalue weighted by Gasteiger charge is -2.21. The monoisotopic (exact) mass is 296 g/mol. The number of benzene rings is 1. The van der Waals surface area contributed by atoms with Crippen LogP contribution in [-0.2, 0) is 4.79 Å². The highest BCUT2D eigenvalue weighted by Gasteiger charge is 2.11. The molecule has 0 unspecified atom stereocenters. The number of hydrogen-bond acceptors (Lipinski definition) is 2. The molecular weight excluding hydrogens is 272 g/mol. The Kier molecular flexibility index (Phi) is 7.45. The molecule has 0 aromatic heterocycles. The molecule has 1 aromatic carbocycles. The van der Waals surface area contributed by atoms with Crippen molar-refractivity contribution in [3.8, 4) is 0 Å². The van der Waals surface area contributed by atoms with E-state index >= 15 is 0 Å². The van der Waals surface area contributed by atoms with Gasteiger partial charge in [0.25, 0.3) is 0 Å². The molecule has 3 nitrogen and oxygen atoms in total. The Morgan fingerprint density at radius 2 is 1.90 bits per heavy atom. The number of carbonyl (C=O) groups excluding carboxylic acids is 1. The van der Waals surface area contributed by atoms with Gasteiger partial charge in [-0.25, -0.2) is 0 Å². The summed E-state index contributed by atoms with van der Waals surface area (Å²) in [6.45, 7) is 8.52. The standard InChI is InChI=1S/C16H25ClN2O/c1-4-11-19(12-5-2)16(20)9-10-18-15-8-6-7-14(17)13(15)3/h6-8,18H,4-5,9-12H2,1-3H3. The smallest absolute Gasteiger partial charge is 0.224 e. The minimum atomic E-state index is 0.223. The Balaban J connectivity index is 2.46. The summed E-state index contributed by atoms with van der Waals surface area (Å²) in [4.78, 5) is 14.1. The summed E-state index contributed by atoms with van der Waals surface area (Å²) in [5.41, 5.74) is 2.03. The largest absolute Gasteiger partial charge is 0.384 e. The van der Waals surface area contributed by atoms with Crippen molar-refractivity contribution < 1.29 is 4.79 Å². The topological polar surface area (TPSA) is 32.3 Å². The first-order chi connectivity index (χ1) is 9.60. The van der Waals surface area contributed by atoms with Gasteiger partial charge in [-0.2, -0.15) is 0 Å². The molecule has 1 N–H and O–H groups in total. The molecule has 0 saturated carbocycles. The summed E-state index contributed by atoms with van der Waals surface area (Å²) in [7, 11) is 0. The van der Waals surface area contributed by atoms with Crippen molar-refractivity contribution in [1.29, 1.82) is 0 Å². The number of nitrogens with one attached hydrogen (secondary N) is 1. The normalized spacial score (nSPS) is 10.4. The lowest BCUT2D eigenvalue weighted by Crippen LogP contribution is -2.33. The third-order valence-electron chi connectivity index (χ3n) is 3.26. The van der Waals surface area contributed by atoms with E-state index in [1.807, 2.05) is 30.0 Å². The number of nitrogens with zero attached hydrogens (tertiary/aromatic N) is 1. The molecule has 0 aliphatic rings. The van der Waals surface area contributed by atoms with Gasteiger partial charge in [0.15, 0.2) is 0 Å². The first kappa shape index (κ1) is 16.8. The van der Waals surface area contributed by atoms with Crippen molar-refractivity contribution in [2.45, 2.75) is 40.0 Å². The lowest BCUT2D eigenvalue weighted by molar-refractivity contribution is -0.131. The molecule has 0 heterocycles. The Labute approximate surface area is 127 Å². The second-order valence-electron chi connectivity index (χ2n) is 4.97. The average Bonchev–Trinajstić information content (AvgIpc) is 2.43. The van der Waals surface area contributed by atoms with Gasteiger partial charge in [-0.15, -0.1) is 0 Å². The lowest BCUT2D eigenvalue weighted by atomic mass is 10.2. The zero-order valence-corrected chi connectivity index (χ0v) is 13.5. The van der Waals surface area contributed by atoms with Gasteiger partial charge in [-0.3, -0.25) is 4.79 Å². The molecule has 0 bridgehead atoms. The van der Waals surface area contributed by atoms with Crippen LogP contribution in [0.25, 0.3) is 0 Å². The maximum absolute atomic E-state index is 12.1. The third kappa shape index (κ3) is 5.04. The van der Waals surface area contributed by atoms with Crippen LogP contribution < -0.4 is 5.32 Å². The predicted octanol–water partition coefficient (Wildman–Crippen LogP) is 4.10. The van der Waals surface area contributed by atoms with E-state index in [-0.39, 0.29) is 5.91 Å². The predicted molar refractivity (Wildman–Crippen MR) is 86.5 cm³/mol. The van der Waals surface area contributed by atoms with Crippen LogP contribution in [0.4, 0.5) is 5.69 Å². The van der Waals surface area contributed by atoms with Crippen molar-refractivity contribution in [3.05, 3.63) is 28.8 Å². The van der Waals surface area contributed by atoms with Crippen LogP contribution in [0.3, 0.4) is 0 Å². The van der Waals surface area contributed by atoms with Crippen LogP contribution in [0.1, 0.15) is 38.7 Å². The highest BCUT2D eigenvalue weighted by Crippen LogP contribution is 2.22. The van der Waals surface area contributed by atoms with Gasteiger partial charge < -0.3 is 10.2 Å². The maximum Gasteiger partial charge on any atom is 0.224 e. The summed E-state index contributed by atoms with van der Waals surface area (Å²) < 4.78 is 0. The maximum atomic E-state index is 12.1. The van der Waals surface area contributed by atoms with Crippen LogP contribution in [0.15, 0.2) is 18.2 Å². The second kappa shape index (κ2) is 8.85. The van der Waals surface area contributed by atoms with Crippen LogP contribution in [0.5, 0.6) is 0 Å². The Morgan fingerprint density at radius 3 is 2.50 bits per heavy atom. The number of hydrogen-bond donors (Lipinski definition) is 1. The Hall–Kier alpha value is -1.22. The Morgan fingerprint density at radius 1 is 1.25 bits per heavy atom. The fourth-order valence-electron chi connectivity index (χ4n) is 2.16. The van der Waals surface area contributed by atoms with Crippen molar-refractivity contribution >= 4 is 23.2 Å². The molecule has 0 radical (unpaired) electrons. The van der Waals surface area contributed by atoms with E-state index in [4.69, 9.17) is 11.6 Å². The second-order valence-corrected chi connectivity index (χ2v) is 5.38. The van der Waals surface area contributed by atoms with Gasteiger partial charge in [0, 0.05) is 36.8 Å². The Bertz CT molecular complexity index is 428. The van der Waals surface area contributed by atoms with E-state index in [0.29, 0.717) is 13.0 Å². The molecule has 1 aromatic rings. The summed E-state index contributed by atoms with van der Waals surface area (Å²) in [6.07, 6.45) is 2.53. The number of carbonyl (C=O) groups is 1. The summed E-state index contributed by atoms with van der Waals surface area (Å²) in [6, 6.07) is 5.78. The van der Waals surface area contributed by atoms with E-state index < -0.39 is 0 Å². The fourth-order valence-corrected chi connectivity index (χ4v) is 2.34. The van der Waals surface area contributed by atoms with Gasteiger partial charge in [-0.05, 0) is 37.5 Å². The van der Waals surface area contributed by atoms with E-state index in [0.717, 1.165) is 42.2 Å². The average molecular weight is 297 g/mol. The van der Waals surface area contributed by atoms with Gasteiger partial charge in [-0.1, -0.05) is 31.5 Å². The molecule has 0 fully saturated rings. The molecule has 0 aliphatic carbocycles. The highest BCUT2D eigenvalue weighted by molar-refractivity contribution is 6.31. The number of halogens is 1. The van der Waals surface area contributed by atoms with Crippen molar-refractivity contribution in [2.75, 3.05) is 25.0 Å². The molecular formula is C16H25ClN2O. The first-order valence-electron chi connectivity index (χ1n) is 7.36. The molecule has 112 valence electrons. The van der Waals surface area contributed by atoms with Gasteiger partial charge in [0.1, 0.15) is 0 Å². The molecule has 1 amide bonds. The minimum Gasteiger partial charge on any atom is -0.384 e. The molecule has 4 heteroatoms. The number of amides is 1. The van der Waals surface area contributed by atoms with E-state index in [1.165, 1.54) is 0 Å². The van der Waals surface area contributed by atoms with Gasteiger partial charge >= 0.3 is 0 Å². The van der Waals surface area contributed by atoms with Crippen molar-refractivity contribution in [1.82, 2.24) is 4.90 Å². The quantitative estimate of drug-likeness (QED) is 0.783. The summed E-state index contributed by atoms with van der Waals surface area (Å²) in [5.74, 6) is 0.223. The minimum absolute atomic E-state index is 0.223. The first-order valence-corrected chi connectivity index (χ1v) is 7.74. The van der Waals surface area contributed by atoms with Crippen LogP contribution in [-0.4, -0.2) is 30.4 Å². The molecule has 1 rings (SSSR count). The molecule has 0 aliphatic heterocycles. The van der Waals surface area contributed by atoms with E-state index in [2.05, 4.69) is 19.2 Å². The van der Waals surface area contributed by atoms with E-state index in [9.17, 15) is 4.79 Å². The van der Waals surface area contributed by atoms with E-state index in [1.54, 1.807) is 0 Å². The third-order valence-corrected chi connectivity index (χ3v) is 3.67.